The highest BCUT2D eigenvalue weighted by atomic mass is 32.5. The van der Waals surface area contributed by atoms with Crippen molar-refractivity contribution >= 4 is 16.3 Å². The summed E-state index contributed by atoms with van der Waals surface area (Å²) in [5.74, 6) is 0. The maximum absolute atomic E-state index is 12.6. The Balaban J connectivity index is 2.71. The number of rotatable bonds is 6. The Morgan fingerprint density at radius 3 is 2.43 bits per heavy atom. The number of carbonyl (C=O) groups is 1. The lowest BCUT2D eigenvalue weighted by Crippen LogP contribution is -2.35. The van der Waals surface area contributed by atoms with Crippen LogP contribution in [-0.2, 0) is 6.54 Å². The van der Waals surface area contributed by atoms with E-state index in [0.29, 0.717) is 25.1 Å². The number of benzene rings is 1. The lowest BCUT2D eigenvalue weighted by Gasteiger charge is -2.40. The van der Waals surface area contributed by atoms with Crippen molar-refractivity contribution in [3.8, 4) is 0 Å². The van der Waals surface area contributed by atoms with Crippen LogP contribution in [0.5, 0.6) is 0 Å². The van der Waals surface area contributed by atoms with Gasteiger partial charge in [-0.2, -0.15) is 0 Å². The van der Waals surface area contributed by atoms with Gasteiger partial charge in [0.05, 0.1) is 0 Å². The van der Waals surface area contributed by atoms with E-state index in [4.69, 9.17) is 0 Å². The molecule has 3 nitrogen and oxygen atoms in total. The zero-order valence-electron chi connectivity index (χ0n) is 10.9. The first-order valence-corrected chi connectivity index (χ1v) is 7.83. The van der Waals surface area contributed by atoms with Gasteiger partial charge in [0.15, 0.2) is 0 Å². The van der Waals surface area contributed by atoms with Gasteiger partial charge in [-0.1, -0.05) is 37.6 Å². The fourth-order valence-electron chi connectivity index (χ4n) is 1.43. The van der Waals surface area contributed by atoms with Crippen LogP contribution in [-0.4, -0.2) is 12.6 Å². The summed E-state index contributed by atoms with van der Waals surface area (Å²) in [7, 11) is -9.69. The molecule has 0 aliphatic heterocycles. The molecule has 0 radical (unpaired) electrons. The van der Waals surface area contributed by atoms with Gasteiger partial charge in [-0.05, 0) is 24.1 Å². The molecule has 0 saturated carbocycles. The molecule has 0 unspecified atom stereocenters. The predicted molar refractivity (Wildman–Crippen MR) is 72.9 cm³/mol. The molecule has 1 rings (SSSR count). The Hall–Kier alpha value is -1.77. The first-order chi connectivity index (χ1) is 9.42. The standard InChI is InChI=1S/C12H15F5N2OS/c1-2-3-7-18-12(20)19-9-10-5-4-6-11(8-10)21(13,14,15,16)17/h2,4-6,8H,1,3,7,9H2,(H2,18,19,20). The monoisotopic (exact) mass is 330 g/mol. The van der Waals surface area contributed by atoms with E-state index in [-0.39, 0.29) is 12.1 Å². The smallest absolute Gasteiger partial charge is 0.315 e. The summed E-state index contributed by atoms with van der Waals surface area (Å²) < 4.78 is 63.1. The molecule has 2 amide bonds. The van der Waals surface area contributed by atoms with E-state index in [1.165, 1.54) is 6.07 Å². The Morgan fingerprint density at radius 2 is 1.86 bits per heavy atom. The van der Waals surface area contributed by atoms with Gasteiger partial charge in [0, 0.05) is 13.1 Å². The molecule has 2 N–H and O–H groups in total. The van der Waals surface area contributed by atoms with Crippen LogP contribution < -0.4 is 10.6 Å². The van der Waals surface area contributed by atoms with Crippen LogP contribution in [0, 0.1) is 0 Å². The fraction of sp³-hybridized carbons (Fsp3) is 0.250. The van der Waals surface area contributed by atoms with E-state index in [2.05, 4.69) is 17.2 Å². The molecule has 1 aromatic rings. The minimum Gasteiger partial charge on any atom is -0.338 e. The molecule has 0 aromatic heterocycles. The highest BCUT2D eigenvalue weighted by Gasteiger charge is 2.65. The van der Waals surface area contributed by atoms with Crippen LogP contribution in [0.4, 0.5) is 24.2 Å². The van der Waals surface area contributed by atoms with Gasteiger partial charge in [-0.15, -0.1) is 6.58 Å². The number of carbonyl (C=O) groups excluding carboxylic acids is 1. The van der Waals surface area contributed by atoms with Crippen LogP contribution in [0.3, 0.4) is 0 Å². The molecule has 0 aliphatic rings. The summed E-state index contributed by atoms with van der Waals surface area (Å²) in [6.07, 6.45) is 2.12. The Kier molecular flexibility index (Phi) is 4.29. The quantitative estimate of drug-likeness (QED) is 0.442. The van der Waals surface area contributed by atoms with E-state index < -0.39 is 21.2 Å². The molecule has 1 aromatic carbocycles. The molecule has 0 atom stereocenters. The van der Waals surface area contributed by atoms with Gasteiger partial charge in [0.2, 0.25) is 0 Å². The number of amides is 2. The van der Waals surface area contributed by atoms with E-state index >= 15 is 0 Å². The maximum atomic E-state index is 12.6. The predicted octanol–water partition coefficient (Wildman–Crippen LogP) is 4.72. The van der Waals surface area contributed by atoms with Crippen molar-refractivity contribution in [3.63, 3.8) is 0 Å². The number of hydrogen-bond acceptors (Lipinski definition) is 1. The van der Waals surface area contributed by atoms with E-state index in [9.17, 15) is 24.2 Å². The third-order valence-electron chi connectivity index (χ3n) is 2.43. The molecular formula is C12H15F5N2OS. The van der Waals surface area contributed by atoms with E-state index in [1.807, 2.05) is 0 Å². The maximum Gasteiger partial charge on any atom is 0.315 e. The van der Waals surface area contributed by atoms with Gasteiger partial charge >= 0.3 is 16.3 Å². The van der Waals surface area contributed by atoms with Gasteiger partial charge in [0.1, 0.15) is 4.90 Å². The second-order valence-electron chi connectivity index (χ2n) is 4.30. The third kappa shape index (κ3) is 6.03. The summed E-state index contributed by atoms with van der Waals surface area (Å²) >= 11 is 0. The van der Waals surface area contributed by atoms with Crippen molar-refractivity contribution in [1.82, 2.24) is 10.6 Å². The molecular weight excluding hydrogens is 315 g/mol. The first-order valence-electron chi connectivity index (χ1n) is 5.88. The normalized spacial score (nSPS) is 14.7. The summed E-state index contributed by atoms with van der Waals surface area (Å²) in [5, 5.41) is 4.71. The van der Waals surface area contributed by atoms with Crippen molar-refractivity contribution in [2.45, 2.75) is 17.9 Å². The average molecular weight is 330 g/mol. The molecule has 9 heteroatoms. The highest BCUT2D eigenvalue weighted by molar-refractivity contribution is 8.45. The number of hydrogen-bond donors (Lipinski definition) is 2. The van der Waals surface area contributed by atoms with Crippen molar-refractivity contribution < 1.29 is 24.2 Å². The lowest BCUT2D eigenvalue weighted by atomic mass is 10.2. The number of urea groups is 1. The fourth-order valence-corrected chi connectivity index (χ4v) is 2.14. The molecule has 0 bridgehead atoms. The summed E-state index contributed by atoms with van der Waals surface area (Å²) in [4.78, 5) is 9.31. The van der Waals surface area contributed by atoms with Crippen LogP contribution in [0.25, 0.3) is 0 Å². The summed E-state index contributed by atoms with van der Waals surface area (Å²) in [6.45, 7) is 3.48. The minimum atomic E-state index is -9.69. The molecule has 0 fully saturated rings. The first kappa shape index (κ1) is 17.3. The van der Waals surface area contributed by atoms with Crippen LogP contribution in [0.15, 0.2) is 41.8 Å². The van der Waals surface area contributed by atoms with Gasteiger partial charge in [0.25, 0.3) is 0 Å². The van der Waals surface area contributed by atoms with Crippen molar-refractivity contribution in [1.29, 1.82) is 0 Å². The van der Waals surface area contributed by atoms with Crippen LogP contribution >= 0.6 is 10.2 Å². The van der Waals surface area contributed by atoms with Crippen molar-refractivity contribution in [2.75, 3.05) is 6.54 Å². The molecule has 0 saturated heterocycles. The molecule has 0 heterocycles. The average Bonchev–Trinajstić information content (AvgIpc) is 2.34. The summed E-state index contributed by atoms with van der Waals surface area (Å²) in [6, 6.07) is 2.15. The Labute approximate surface area is 118 Å². The van der Waals surface area contributed by atoms with Crippen molar-refractivity contribution in [2.24, 2.45) is 0 Å². The van der Waals surface area contributed by atoms with Crippen LogP contribution in [0.1, 0.15) is 12.0 Å². The second kappa shape index (κ2) is 5.21. The molecule has 0 spiro atoms. The Bertz CT molecular complexity index is 544. The number of nitrogens with one attached hydrogen (secondary N) is 2. The van der Waals surface area contributed by atoms with Gasteiger partial charge in [-0.25, -0.2) is 4.79 Å². The molecule has 120 valence electrons. The largest absolute Gasteiger partial charge is 0.338 e. The topological polar surface area (TPSA) is 41.1 Å². The van der Waals surface area contributed by atoms with E-state index in [0.717, 1.165) is 6.07 Å². The molecule has 0 aliphatic carbocycles. The van der Waals surface area contributed by atoms with E-state index in [1.54, 1.807) is 6.08 Å². The Morgan fingerprint density at radius 1 is 1.19 bits per heavy atom. The number of halogens is 5. The zero-order chi connectivity index (χ0) is 16.2. The minimum absolute atomic E-state index is 0.0698. The molecule has 21 heavy (non-hydrogen) atoms. The zero-order valence-corrected chi connectivity index (χ0v) is 11.7. The SMILES string of the molecule is C=CCCNC(=O)NCc1cccc(S(F)(F)(F)(F)F)c1. The second-order valence-corrected chi connectivity index (χ2v) is 6.71. The van der Waals surface area contributed by atoms with Gasteiger partial charge < -0.3 is 10.6 Å². The lowest BCUT2D eigenvalue weighted by molar-refractivity contribution is 0.240. The van der Waals surface area contributed by atoms with Gasteiger partial charge in [-0.3, -0.25) is 0 Å². The third-order valence-corrected chi connectivity index (χ3v) is 3.58. The summed E-state index contributed by atoms with van der Waals surface area (Å²) in [5.41, 5.74) is -0.0698. The highest BCUT2D eigenvalue weighted by Crippen LogP contribution is 3.02. The van der Waals surface area contributed by atoms with Crippen LogP contribution in [0.2, 0.25) is 0 Å². The van der Waals surface area contributed by atoms with Crippen molar-refractivity contribution in [3.05, 3.63) is 42.5 Å².